The highest BCUT2D eigenvalue weighted by Gasteiger charge is 1.92. The molecule has 0 nitrogen and oxygen atoms in total. The summed E-state index contributed by atoms with van der Waals surface area (Å²) in [6, 6.07) is 6.98. The molecule has 0 saturated heterocycles. The first kappa shape index (κ1) is 9.26. The third-order valence-corrected chi connectivity index (χ3v) is 2.14. The Morgan fingerprint density at radius 3 is 2.25 bits per heavy atom. The van der Waals surface area contributed by atoms with Gasteiger partial charge in [-0.3, -0.25) is 0 Å². The average molecular weight is 186 g/mol. The molecule has 1 aromatic carbocycles. The number of thioether (sulfide) groups is 1. The van der Waals surface area contributed by atoms with E-state index in [0.717, 1.165) is 11.0 Å². The van der Waals surface area contributed by atoms with Crippen LogP contribution >= 0.6 is 11.8 Å². The van der Waals surface area contributed by atoms with Crippen LogP contribution in [-0.4, -0.2) is 6.26 Å². The lowest BCUT2D eigenvalue weighted by Gasteiger charge is -1.95. The zero-order valence-corrected chi connectivity index (χ0v) is 7.37. The molecule has 0 radical (unpaired) electrons. The van der Waals surface area contributed by atoms with Crippen LogP contribution in [0.4, 0.5) is 8.78 Å². The standard InChI is InChI=1S/C9H8F2S/c1-12-8-4-2-7(3-5-8)6-9(10)11/h2-6H,1H3. The zero-order chi connectivity index (χ0) is 8.97. The summed E-state index contributed by atoms with van der Waals surface area (Å²) in [4.78, 5) is 1.08. The van der Waals surface area contributed by atoms with Gasteiger partial charge < -0.3 is 0 Å². The number of halogens is 2. The van der Waals surface area contributed by atoms with Crippen molar-refractivity contribution in [2.45, 2.75) is 4.90 Å². The normalized spacial score (nSPS) is 9.58. The maximum atomic E-state index is 11.8. The highest BCUT2D eigenvalue weighted by molar-refractivity contribution is 7.98. The number of hydrogen-bond donors (Lipinski definition) is 0. The lowest BCUT2D eigenvalue weighted by atomic mass is 10.2. The van der Waals surface area contributed by atoms with Crippen molar-refractivity contribution < 1.29 is 8.78 Å². The minimum atomic E-state index is -1.66. The van der Waals surface area contributed by atoms with Crippen LogP contribution in [0.2, 0.25) is 0 Å². The van der Waals surface area contributed by atoms with E-state index in [2.05, 4.69) is 0 Å². The topological polar surface area (TPSA) is 0 Å². The van der Waals surface area contributed by atoms with Crippen molar-refractivity contribution in [2.24, 2.45) is 0 Å². The summed E-state index contributed by atoms with van der Waals surface area (Å²) in [5, 5.41) is 0. The third-order valence-electron chi connectivity index (χ3n) is 1.39. The van der Waals surface area contributed by atoms with Crippen molar-refractivity contribution >= 4 is 17.8 Å². The van der Waals surface area contributed by atoms with Crippen LogP contribution in [0.5, 0.6) is 0 Å². The Labute approximate surface area is 74.3 Å². The Morgan fingerprint density at radius 1 is 1.25 bits per heavy atom. The fourth-order valence-electron chi connectivity index (χ4n) is 0.826. The fraction of sp³-hybridized carbons (Fsp3) is 0.111. The molecule has 0 aliphatic rings. The Kier molecular flexibility index (Phi) is 3.29. The quantitative estimate of drug-likeness (QED) is 0.635. The number of hydrogen-bond acceptors (Lipinski definition) is 1. The molecule has 0 unspecified atom stereocenters. The molecule has 0 fully saturated rings. The maximum absolute atomic E-state index is 11.8. The van der Waals surface area contributed by atoms with E-state index in [1.807, 2.05) is 18.4 Å². The van der Waals surface area contributed by atoms with E-state index in [1.54, 1.807) is 23.9 Å². The van der Waals surface area contributed by atoms with Crippen LogP contribution < -0.4 is 0 Å². The highest BCUT2D eigenvalue weighted by atomic mass is 32.2. The summed E-state index contributed by atoms with van der Waals surface area (Å²) >= 11 is 1.59. The van der Waals surface area contributed by atoms with Crippen molar-refractivity contribution in [1.29, 1.82) is 0 Å². The second kappa shape index (κ2) is 4.26. The van der Waals surface area contributed by atoms with Gasteiger partial charge in [0.05, 0.1) is 0 Å². The van der Waals surface area contributed by atoms with Gasteiger partial charge in [0, 0.05) is 11.0 Å². The van der Waals surface area contributed by atoms with Gasteiger partial charge in [-0.25, -0.2) is 0 Å². The second-order valence-corrected chi connectivity index (χ2v) is 3.09. The predicted molar refractivity (Wildman–Crippen MR) is 48.4 cm³/mol. The monoisotopic (exact) mass is 186 g/mol. The van der Waals surface area contributed by atoms with Gasteiger partial charge in [-0.05, 0) is 24.0 Å². The van der Waals surface area contributed by atoms with Gasteiger partial charge in [0.25, 0.3) is 6.08 Å². The lowest BCUT2D eigenvalue weighted by molar-refractivity contribution is 0.429. The van der Waals surface area contributed by atoms with E-state index in [-0.39, 0.29) is 0 Å². The van der Waals surface area contributed by atoms with E-state index in [4.69, 9.17) is 0 Å². The first-order valence-electron chi connectivity index (χ1n) is 3.39. The Balaban J connectivity index is 2.85. The average Bonchev–Trinajstić information content (AvgIpc) is 2.05. The van der Waals surface area contributed by atoms with E-state index in [1.165, 1.54) is 0 Å². The second-order valence-electron chi connectivity index (χ2n) is 2.21. The molecule has 0 aliphatic carbocycles. The minimum Gasteiger partial charge on any atom is -0.173 e. The Morgan fingerprint density at radius 2 is 1.83 bits per heavy atom. The molecule has 3 heteroatoms. The Hall–Kier alpha value is -0.830. The van der Waals surface area contributed by atoms with Crippen molar-refractivity contribution in [1.82, 2.24) is 0 Å². The Bertz CT molecular complexity index is 273. The van der Waals surface area contributed by atoms with Crippen molar-refractivity contribution in [3.05, 3.63) is 35.9 Å². The summed E-state index contributed by atoms with van der Waals surface area (Å²) in [6.07, 6.45) is 1.14. The van der Waals surface area contributed by atoms with Gasteiger partial charge in [-0.15, -0.1) is 11.8 Å². The van der Waals surface area contributed by atoms with Gasteiger partial charge in [0.1, 0.15) is 0 Å². The van der Waals surface area contributed by atoms with Crippen LogP contribution in [0.15, 0.2) is 35.2 Å². The molecule has 0 aromatic heterocycles. The fourth-order valence-corrected chi connectivity index (χ4v) is 1.23. The molecule has 0 spiro atoms. The summed E-state index contributed by atoms with van der Waals surface area (Å²) in [6.45, 7) is 0. The van der Waals surface area contributed by atoms with Crippen molar-refractivity contribution in [3.63, 3.8) is 0 Å². The first-order chi connectivity index (χ1) is 5.72. The van der Waals surface area contributed by atoms with Crippen molar-refractivity contribution in [3.8, 4) is 0 Å². The van der Waals surface area contributed by atoms with Crippen LogP contribution in [0, 0.1) is 0 Å². The summed E-state index contributed by atoms with van der Waals surface area (Å²) in [7, 11) is 0. The summed E-state index contributed by atoms with van der Waals surface area (Å²) in [5.41, 5.74) is 0.535. The molecule has 0 N–H and O–H groups in total. The highest BCUT2D eigenvalue weighted by Crippen LogP contribution is 2.16. The van der Waals surface area contributed by atoms with Crippen LogP contribution in [0.25, 0.3) is 6.08 Å². The summed E-state index contributed by atoms with van der Waals surface area (Å²) in [5.74, 6) is 0. The van der Waals surface area contributed by atoms with Gasteiger partial charge in [0.15, 0.2) is 0 Å². The lowest BCUT2D eigenvalue weighted by Crippen LogP contribution is -1.73. The SMILES string of the molecule is CSc1ccc(C=C(F)F)cc1. The van der Waals surface area contributed by atoms with Crippen molar-refractivity contribution in [2.75, 3.05) is 6.26 Å². The molecule has 0 atom stereocenters. The molecule has 1 rings (SSSR count). The number of rotatable bonds is 2. The molecule has 0 saturated carbocycles. The van der Waals surface area contributed by atoms with Crippen LogP contribution in [-0.2, 0) is 0 Å². The maximum Gasteiger partial charge on any atom is 0.270 e. The van der Waals surface area contributed by atoms with Crippen LogP contribution in [0.3, 0.4) is 0 Å². The minimum absolute atomic E-state index is 0.535. The molecular formula is C9H8F2S. The first-order valence-corrected chi connectivity index (χ1v) is 4.61. The smallest absolute Gasteiger partial charge is 0.173 e. The number of benzene rings is 1. The van der Waals surface area contributed by atoms with Crippen LogP contribution in [0.1, 0.15) is 5.56 Å². The van der Waals surface area contributed by atoms with E-state index >= 15 is 0 Å². The van der Waals surface area contributed by atoms with Gasteiger partial charge >= 0.3 is 0 Å². The molecule has 0 bridgehead atoms. The molecule has 0 aliphatic heterocycles. The molecular weight excluding hydrogens is 178 g/mol. The van der Waals surface area contributed by atoms with Gasteiger partial charge in [-0.1, -0.05) is 12.1 Å². The molecule has 1 aromatic rings. The van der Waals surface area contributed by atoms with Gasteiger partial charge in [-0.2, -0.15) is 8.78 Å². The molecule has 0 amide bonds. The molecule has 12 heavy (non-hydrogen) atoms. The zero-order valence-electron chi connectivity index (χ0n) is 6.55. The predicted octanol–water partition coefficient (Wildman–Crippen LogP) is 3.65. The largest absolute Gasteiger partial charge is 0.270 e. The summed E-state index contributed by atoms with van der Waals surface area (Å²) < 4.78 is 23.5. The van der Waals surface area contributed by atoms with E-state index in [9.17, 15) is 8.78 Å². The molecule has 0 heterocycles. The van der Waals surface area contributed by atoms with E-state index in [0.29, 0.717) is 5.56 Å². The third kappa shape index (κ3) is 2.66. The molecule has 64 valence electrons. The van der Waals surface area contributed by atoms with E-state index < -0.39 is 6.08 Å². The van der Waals surface area contributed by atoms with Gasteiger partial charge in [0.2, 0.25) is 0 Å².